The van der Waals surface area contributed by atoms with Crippen molar-refractivity contribution in [3.8, 4) is 0 Å². The normalized spacial score (nSPS) is 32.4. The smallest absolute Gasteiger partial charge is 0.250 e. The third kappa shape index (κ3) is 2.80. The van der Waals surface area contributed by atoms with E-state index < -0.39 is 0 Å². The number of ether oxygens (including phenoxy) is 1. The average Bonchev–Trinajstić information content (AvgIpc) is 3.27. The molecule has 3 aliphatic heterocycles. The van der Waals surface area contributed by atoms with Crippen molar-refractivity contribution in [3.05, 3.63) is 22.4 Å². The molecule has 4 rings (SSSR count). The van der Waals surface area contributed by atoms with Crippen LogP contribution in [0.4, 0.5) is 0 Å². The Kier molecular flexibility index (Phi) is 4.17. The van der Waals surface area contributed by atoms with Crippen molar-refractivity contribution in [2.24, 2.45) is 5.92 Å². The third-order valence-corrected chi connectivity index (χ3v) is 5.66. The van der Waals surface area contributed by atoms with E-state index in [0.717, 1.165) is 45.5 Å². The Morgan fingerprint density at radius 2 is 2.36 bits per heavy atom. The summed E-state index contributed by atoms with van der Waals surface area (Å²) in [6.07, 6.45) is 3.06. The van der Waals surface area contributed by atoms with E-state index in [1.807, 2.05) is 0 Å². The Hall–Kier alpha value is -0.950. The van der Waals surface area contributed by atoms with Gasteiger partial charge in [0.05, 0.1) is 25.2 Å². The summed E-state index contributed by atoms with van der Waals surface area (Å²) in [6, 6.07) is 2.63. The van der Waals surface area contributed by atoms with Crippen LogP contribution in [-0.2, 0) is 20.9 Å². The lowest BCUT2D eigenvalue weighted by Crippen LogP contribution is -2.52. The quantitative estimate of drug-likeness (QED) is 0.852. The van der Waals surface area contributed by atoms with Gasteiger partial charge in [-0.25, -0.2) is 5.06 Å². The highest BCUT2D eigenvalue weighted by Crippen LogP contribution is 2.33. The molecule has 3 saturated heterocycles. The van der Waals surface area contributed by atoms with Gasteiger partial charge in [-0.3, -0.25) is 14.5 Å². The van der Waals surface area contributed by atoms with Crippen molar-refractivity contribution in [3.63, 3.8) is 0 Å². The molecule has 120 valence electrons. The number of carbonyl (C=O) groups excluding carboxylic acids is 1. The lowest BCUT2D eigenvalue weighted by atomic mass is 9.89. The molecule has 3 atom stereocenters. The summed E-state index contributed by atoms with van der Waals surface area (Å²) in [4.78, 5) is 20.6. The number of fused-ring (bicyclic) bond motifs is 1. The molecule has 0 saturated carbocycles. The summed E-state index contributed by atoms with van der Waals surface area (Å²) in [7, 11) is 0. The maximum atomic E-state index is 12.7. The molecule has 22 heavy (non-hydrogen) atoms. The van der Waals surface area contributed by atoms with Crippen LogP contribution >= 0.6 is 11.3 Å². The van der Waals surface area contributed by atoms with Crippen LogP contribution in [0.5, 0.6) is 0 Å². The van der Waals surface area contributed by atoms with Crippen LogP contribution in [-0.4, -0.2) is 54.3 Å². The van der Waals surface area contributed by atoms with Gasteiger partial charge in [0.1, 0.15) is 0 Å². The van der Waals surface area contributed by atoms with Crippen LogP contribution in [0.25, 0.3) is 0 Å². The van der Waals surface area contributed by atoms with Crippen molar-refractivity contribution >= 4 is 17.2 Å². The predicted octanol–water partition coefficient (Wildman–Crippen LogP) is 1.89. The van der Waals surface area contributed by atoms with Crippen molar-refractivity contribution in [1.82, 2.24) is 9.96 Å². The Bertz CT molecular complexity index is 515. The van der Waals surface area contributed by atoms with Crippen LogP contribution in [0.1, 0.15) is 24.8 Å². The van der Waals surface area contributed by atoms with Crippen LogP contribution in [0.15, 0.2) is 16.8 Å². The van der Waals surface area contributed by atoms with E-state index in [9.17, 15) is 4.79 Å². The number of rotatable bonds is 3. The number of hydrogen-bond donors (Lipinski definition) is 0. The first-order valence-corrected chi connectivity index (χ1v) is 9.06. The zero-order valence-electron chi connectivity index (χ0n) is 12.6. The largest absolute Gasteiger partial charge is 0.377 e. The second-order valence-corrected chi connectivity index (χ2v) is 7.17. The lowest BCUT2D eigenvalue weighted by molar-refractivity contribution is -0.177. The number of likely N-dealkylation sites (tertiary alicyclic amines) is 1. The summed E-state index contributed by atoms with van der Waals surface area (Å²) in [5.74, 6) is 0.137. The molecule has 1 aromatic heterocycles. The molecular formula is C16H22N2O3S. The van der Waals surface area contributed by atoms with Crippen LogP contribution in [0, 0.1) is 5.92 Å². The first-order chi connectivity index (χ1) is 10.8. The van der Waals surface area contributed by atoms with Gasteiger partial charge in [-0.1, -0.05) is 0 Å². The summed E-state index contributed by atoms with van der Waals surface area (Å²) in [5.41, 5.74) is 1.33. The van der Waals surface area contributed by atoms with Crippen molar-refractivity contribution in [1.29, 1.82) is 0 Å². The van der Waals surface area contributed by atoms with Gasteiger partial charge in [-0.15, -0.1) is 0 Å². The summed E-state index contributed by atoms with van der Waals surface area (Å²) < 4.78 is 5.90. The molecular weight excluding hydrogens is 300 g/mol. The topological polar surface area (TPSA) is 42.0 Å². The first-order valence-electron chi connectivity index (χ1n) is 8.12. The van der Waals surface area contributed by atoms with E-state index in [0.29, 0.717) is 12.6 Å². The SMILES string of the molecule is O=C([C@@H]1C[C@@H]2OCC[C@@H]2N(Cc2ccsc2)C1)N1CCCO1. The highest BCUT2D eigenvalue weighted by Gasteiger charge is 2.43. The van der Waals surface area contributed by atoms with Gasteiger partial charge < -0.3 is 4.74 Å². The highest BCUT2D eigenvalue weighted by atomic mass is 32.1. The molecule has 0 radical (unpaired) electrons. The van der Waals surface area contributed by atoms with Crippen molar-refractivity contribution in [2.45, 2.75) is 38.0 Å². The van der Waals surface area contributed by atoms with Gasteiger partial charge in [0.2, 0.25) is 0 Å². The number of carbonyl (C=O) groups is 1. The molecule has 4 heterocycles. The Morgan fingerprint density at radius 1 is 1.41 bits per heavy atom. The summed E-state index contributed by atoms with van der Waals surface area (Å²) in [5, 5.41) is 5.88. The van der Waals surface area contributed by atoms with Gasteiger partial charge in [-0.05, 0) is 41.7 Å². The number of nitrogens with zero attached hydrogens (tertiary/aromatic N) is 2. The second kappa shape index (κ2) is 6.28. The standard InChI is InChI=1S/C16H22N2O3S/c19-16(18-4-1-5-21-18)13-8-15-14(2-6-20-15)17(10-13)9-12-3-7-22-11-12/h3,7,11,13-15H,1-2,4-6,8-10H2/t13-,14+,15+/m1/s1. The van der Waals surface area contributed by atoms with Gasteiger partial charge in [0.15, 0.2) is 0 Å². The second-order valence-electron chi connectivity index (χ2n) is 6.39. The fourth-order valence-electron chi connectivity index (χ4n) is 3.86. The van der Waals surface area contributed by atoms with Gasteiger partial charge >= 0.3 is 0 Å². The molecule has 5 nitrogen and oxygen atoms in total. The molecule has 3 fully saturated rings. The predicted molar refractivity (Wildman–Crippen MR) is 83.3 cm³/mol. The zero-order valence-corrected chi connectivity index (χ0v) is 13.5. The maximum Gasteiger partial charge on any atom is 0.250 e. The minimum absolute atomic E-state index is 0.00362. The van der Waals surface area contributed by atoms with Gasteiger partial charge in [0.25, 0.3) is 5.91 Å². The monoisotopic (exact) mass is 322 g/mol. The van der Waals surface area contributed by atoms with Gasteiger partial charge in [-0.2, -0.15) is 11.3 Å². The third-order valence-electron chi connectivity index (χ3n) is 4.93. The molecule has 0 bridgehead atoms. The van der Waals surface area contributed by atoms with E-state index in [4.69, 9.17) is 9.57 Å². The first kappa shape index (κ1) is 14.6. The fourth-order valence-corrected chi connectivity index (χ4v) is 4.52. The van der Waals surface area contributed by atoms with Crippen LogP contribution < -0.4 is 0 Å². The maximum absolute atomic E-state index is 12.7. The molecule has 1 amide bonds. The summed E-state index contributed by atoms with van der Waals surface area (Å²) in [6.45, 7) is 3.95. The van der Waals surface area contributed by atoms with Crippen molar-refractivity contribution in [2.75, 3.05) is 26.3 Å². The van der Waals surface area contributed by atoms with E-state index >= 15 is 0 Å². The minimum atomic E-state index is -0.00362. The minimum Gasteiger partial charge on any atom is -0.377 e. The number of thiophene rings is 1. The van der Waals surface area contributed by atoms with Crippen LogP contribution in [0.3, 0.4) is 0 Å². The number of hydrogen-bond acceptors (Lipinski definition) is 5. The number of amides is 1. The summed E-state index contributed by atoms with van der Waals surface area (Å²) >= 11 is 1.73. The fraction of sp³-hybridized carbons (Fsp3) is 0.688. The van der Waals surface area contributed by atoms with E-state index in [1.165, 1.54) is 5.56 Å². The van der Waals surface area contributed by atoms with E-state index in [-0.39, 0.29) is 17.9 Å². The van der Waals surface area contributed by atoms with E-state index in [2.05, 4.69) is 21.7 Å². The Labute approximate surface area is 134 Å². The molecule has 1 aromatic rings. The van der Waals surface area contributed by atoms with E-state index in [1.54, 1.807) is 16.4 Å². The molecule has 0 unspecified atom stereocenters. The molecule has 0 aromatic carbocycles. The Balaban J connectivity index is 1.48. The zero-order chi connectivity index (χ0) is 14.9. The molecule has 6 heteroatoms. The number of piperidine rings is 1. The van der Waals surface area contributed by atoms with Gasteiger partial charge in [0, 0.05) is 25.7 Å². The molecule has 0 N–H and O–H groups in total. The molecule has 0 aliphatic carbocycles. The number of hydroxylamine groups is 2. The molecule has 3 aliphatic rings. The van der Waals surface area contributed by atoms with Crippen LogP contribution in [0.2, 0.25) is 0 Å². The van der Waals surface area contributed by atoms with Crippen molar-refractivity contribution < 1.29 is 14.4 Å². The lowest BCUT2D eigenvalue weighted by Gasteiger charge is -2.40. The Morgan fingerprint density at radius 3 is 3.14 bits per heavy atom. The molecule has 0 spiro atoms. The average molecular weight is 322 g/mol. The highest BCUT2D eigenvalue weighted by molar-refractivity contribution is 7.07.